The second-order valence-corrected chi connectivity index (χ2v) is 7.04. The third-order valence-electron chi connectivity index (χ3n) is 4.66. The van der Waals surface area contributed by atoms with Gasteiger partial charge in [0.05, 0.1) is 13.2 Å². The maximum absolute atomic E-state index is 10.6. The molecule has 0 spiro atoms. The van der Waals surface area contributed by atoms with Crippen LogP contribution in [0.25, 0.3) is 0 Å². The summed E-state index contributed by atoms with van der Waals surface area (Å²) in [6.07, 6.45) is 5.05. The van der Waals surface area contributed by atoms with E-state index in [1.54, 1.807) is 12.1 Å². The largest absolute Gasteiger partial charge is 0.494 e. The Morgan fingerprint density at radius 1 is 0.567 bits per heavy atom. The Labute approximate surface area is 178 Å². The molecule has 0 saturated heterocycles. The van der Waals surface area contributed by atoms with Crippen LogP contribution in [0.3, 0.4) is 0 Å². The van der Waals surface area contributed by atoms with Gasteiger partial charge in [-0.3, -0.25) is 4.79 Å². The Morgan fingerprint density at radius 2 is 1.07 bits per heavy atom. The van der Waals surface area contributed by atoms with Crippen molar-refractivity contribution in [1.82, 2.24) is 0 Å². The van der Waals surface area contributed by atoms with Crippen LogP contribution in [-0.4, -0.2) is 19.5 Å². The van der Waals surface area contributed by atoms with Crippen molar-refractivity contribution in [3.05, 3.63) is 90.0 Å². The van der Waals surface area contributed by atoms with E-state index in [9.17, 15) is 4.79 Å². The van der Waals surface area contributed by atoms with Crippen molar-refractivity contribution >= 4 is 6.29 Å². The molecule has 0 bridgehead atoms. The molecule has 156 valence electrons. The second-order valence-electron chi connectivity index (χ2n) is 7.04. The Bertz CT molecular complexity index is 858. The number of ether oxygens (including phenoxy) is 3. The van der Waals surface area contributed by atoms with Gasteiger partial charge in [0, 0.05) is 5.56 Å². The van der Waals surface area contributed by atoms with Crippen molar-refractivity contribution in [2.75, 3.05) is 13.2 Å². The minimum Gasteiger partial charge on any atom is -0.494 e. The first-order valence-corrected chi connectivity index (χ1v) is 10.4. The number of benzene rings is 3. The summed E-state index contributed by atoms with van der Waals surface area (Å²) >= 11 is 0. The number of carbonyl (C=O) groups is 1. The van der Waals surface area contributed by atoms with Crippen LogP contribution in [0, 0.1) is 0 Å². The molecule has 0 unspecified atom stereocenters. The Hall–Kier alpha value is -3.27. The van der Waals surface area contributed by atoms with Crippen molar-refractivity contribution in [2.24, 2.45) is 0 Å². The fourth-order valence-corrected chi connectivity index (χ4v) is 2.95. The van der Waals surface area contributed by atoms with Crippen LogP contribution in [-0.2, 0) is 6.61 Å². The molecule has 3 aromatic rings. The molecule has 3 rings (SSSR count). The Kier molecular flexibility index (Phi) is 8.81. The monoisotopic (exact) mass is 404 g/mol. The van der Waals surface area contributed by atoms with Crippen LogP contribution in [0.2, 0.25) is 0 Å². The highest BCUT2D eigenvalue weighted by atomic mass is 16.5. The van der Waals surface area contributed by atoms with Crippen molar-refractivity contribution in [1.29, 1.82) is 0 Å². The molecule has 4 nitrogen and oxygen atoms in total. The lowest BCUT2D eigenvalue weighted by Crippen LogP contribution is -2.00. The normalized spacial score (nSPS) is 10.4. The quantitative estimate of drug-likeness (QED) is 0.255. The molecular weight excluding hydrogens is 376 g/mol. The Balaban J connectivity index is 1.22. The minimum atomic E-state index is 0.564. The molecule has 4 heteroatoms. The zero-order chi connectivity index (χ0) is 20.9. The molecule has 3 aromatic carbocycles. The molecule has 0 saturated carbocycles. The van der Waals surface area contributed by atoms with Gasteiger partial charge in [-0.1, -0.05) is 30.3 Å². The van der Waals surface area contributed by atoms with E-state index in [4.69, 9.17) is 14.2 Å². The summed E-state index contributed by atoms with van der Waals surface area (Å²) in [7, 11) is 0. The lowest BCUT2D eigenvalue weighted by Gasteiger charge is -2.09. The first-order valence-electron chi connectivity index (χ1n) is 10.4. The van der Waals surface area contributed by atoms with Crippen LogP contribution in [0.4, 0.5) is 0 Å². The van der Waals surface area contributed by atoms with Gasteiger partial charge in [-0.25, -0.2) is 0 Å². The molecule has 0 aliphatic rings. The van der Waals surface area contributed by atoms with Crippen LogP contribution >= 0.6 is 0 Å². The highest BCUT2D eigenvalue weighted by Crippen LogP contribution is 2.19. The smallest absolute Gasteiger partial charge is 0.150 e. The van der Waals surface area contributed by atoms with Crippen molar-refractivity contribution in [2.45, 2.75) is 32.3 Å². The summed E-state index contributed by atoms with van der Waals surface area (Å²) in [5, 5.41) is 0. The lowest BCUT2D eigenvalue weighted by molar-refractivity contribution is 0.112. The summed E-state index contributed by atoms with van der Waals surface area (Å²) in [4.78, 5) is 10.6. The third-order valence-corrected chi connectivity index (χ3v) is 4.66. The van der Waals surface area contributed by atoms with Gasteiger partial charge in [-0.15, -0.1) is 0 Å². The predicted molar refractivity (Wildman–Crippen MR) is 119 cm³/mol. The third kappa shape index (κ3) is 7.63. The van der Waals surface area contributed by atoms with Gasteiger partial charge in [0.25, 0.3) is 0 Å². The average Bonchev–Trinajstić information content (AvgIpc) is 2.81. The van der Waals surface area contributed by atoms with E-state index in [-0.39, 0.29) is 0 Å². The van der Waals surface area contributed by atoms with Gasteiger partial charge in [0.1, 0.15) is 30.1 Å². The second kappa shape index (κ2) is 12.3. The maximum atomic E-state index is 10.6. The van der Waals surface area contributed by atoms with Gasteiger partial charge >= 0.3 is 0 Å². The minimum absolute atomic E-state index is 0.564. The molecule has 0 atom stereocenters. The van der Waals surface area contributed by atoms with Gasteiger partial charge in [-0.05, 0) is 79.8 Å². The van der Waals surface area contributed by atoms with Gasteiger partial charge in [-0.2, -0.15) is 0 Å². The number of aldehydes is 1. The molecule has 0 N–H and O–H groups in total. The fraction of sp³-hybridized carbons (Fsp3) is 0.269. The van der Waals surface area contributed by atoms with Gasteiger partial charge in [0.2, 0.25) is 0 Å². The van der Waals surface area contributed by atoms with E-state index in [0.717, 1.165) is 54.8 Å². The molecule has 0 radical (unpaired) electrons. The zero-order valence-corrected chi connectivity index (χ0v) is 17.2. The molecule has 0 aliphatic heterocycles. The Morgan fingerprint density at radius 3 is 1.60 bits per heavy atom. The van der Waals surface area contributed by atoms with Crippen molar-refractivity contribution < 1.29 is 19.0 Å². The molecular formula is C26H28O4. The molecule has 0 aromatic heterocycles. The van der Waals surface area contributed by atoms with E-state index in [1.165, 1.54) is 0 Å². The van der Waals surface area contributed by atoms with Gasteiger partial charge < -0.3 is 14.2 Å². The number of hydrogen-bond donors (Lipinski definition) is 0. The number of unbranched alkanes of at least 4 members (excludes halogenated alkanes) is 3. The SMILES string of the molecule is O=Cc1ccc(OCCCCCCOc2ccc(OCc3ccccc3)cc2)cc1. The first kappa shape index (κ1) is 21.4. The summed E-state index contributed by atoms with van der Waals surface area (Å²) in [6, 6.07) is 25.1. The molecule has 30 heavy (non-hydrogen) atoms. The topological polar surface area (TPSA) is 44.8 Å². The summed E-state index contributed by atoms with van der Waals surface area (Å²) in [6.45, 7) is 1.96. The highest BCUT2D eigenvalue weighted by Gasteiger charge is 1.99. The van der Waals surface area contributed by atoms with E-state index in [1.807, 2.05) is 54.6 Å². The summed E-state index contributed by atoms with van der Waals surface area (Å²) in [5.74, 6) is 2.51. The van der Waals surface area contributed by atoms with Crippen molar-refractivity contribution in [3.8, 4) is 17.2 Å². The highest BCUT2D eigenvalue weighted by molar-refractivity contribution is 5.74. The maximum Gasteiger partial charge on any atom is 0.150 e. The average molecular weight is 405 g/mol. The predicted octanol–water partition coefficient (Wildman–Crippen LogP) is 6.10. The van der Waals surface area contributed by atoms with E-state index in [2.05, 4.69) is 12.1 Å². The van der Waals surface area contributed by atoms with Crippen LogP contribution in [0.1, 0.15) is 41.6 Å². The number of hydrogen-bond acceptors (Lipinski definition) is 4. The van der Waals surface area contributed by atoms with E-state index < -0.39 is 0 Å². The first-order chi connectivity index (χ1) is 14.8. The number of carbonyl (C=O) groups excluding carboxylic acids is 1. The summed E-state index contributed by atoms with van der Waals surface area (Å²) in [5.41, 5.74) is 1.82. The van der Waals surface area contributed by atoms with E-state index in [0.29, 0.717) is 25.4 Å². The molecule has 0 fully saturated rings. The van der Waals surface area contributed by atoms with Crippen molar-refractivity contribution in [3.63, 3.8) is 0 Å². The molecule has 0 heterocycles. The zero-order valence-electron chi connectivity index (χ0n) is 17.2. The standard InChI is InChI=1S/C26H28O4/c27-20-22-10-12-24(13-11-22)28-18-6-1-2-7-19-29-25-14-16-26(17-15-25)30-21-23-8-4-3-5-9-23/h3-5,8-17,20H,1-2,6-7,18-19,21H2. The fourth-order valence-electron chi connectivity index (χ4n) is 2.95. The lowest BCUT2D eigenvalue weighted by atomic mass is 10.2. The molecule has 0 aliphatic carbocycles. The van der Waals surface area contributed by atoms with Gasteiger partial charge in [0.15, 0.2) is 0 Å². The van der Waals surface area contributed by atoms with Crippen LogP contribution in [0.5, 0.6) is 17.2 Å². The van der Waals surface area contributed by atoms with Crippen LogP contribution < -0.4 is 14.2 Å². The number of rotatable bonds is 13. The summed E-state index contributed by atoms with van der Waals surface area (Å²) < 4.78 is 17.3. The molecule has 0 amide bonds. The van der Waals surface area contributed by atoms with E-state index >= 15 is 0 Å². The van der Waals surface area contributed by atoms with Crippen LogP contribution in [0.15, 0.2) is 78.9 Å².